The standard InChI is InChI=1S/C24H31N5O.2C4H4O4/c1-2-6-21(7-3-1)20-29-23-9-5-4-8-22(23)25-24(29)28-14-12-26(13-15-28)10-11-27-16-18-30-19-17-27;2*5-3(6)1-2-4(7)8/h1-9H,10-20H2;2*1-2H,(H,5,6)(H,7,8)/b;2*2-1+. The average Bonchev–Trinajstić information content (AvgIpc) is 3.42. The molecule has 0 atom stereocenters. The first-order valence-corrected chi connectivity index (χ1v) is 14.7. The quantitative estimate of drug-likeness (QED) is 0.237. The van der Waals surface area contributed by atoms with E-state index in [-0.39, 0.29) is 0 Å². The number of hydrogen-bond acceptors (Lipinski definition) is 9. The van der Waals surface area contributed by atoms with Gasteiger partial charge in [0.2, 0.25) is 5.95 Å². The van der Waals surface area contributed by atoms with E-state index in [0.29, 0.717) is 24.3 Å². The molecule has 3 heterocycles. The zero-order valence-electron chi connectivity index (χ0n) is 25.3. The molecule has 2 aliphatic rings. The summed E-state index contributed by atoms with van der Waals surface area (Å²) in [6, 6.07) is 19.2. The predicted molar refractivity (Wildman–Crippen MR) is 170 cm³/mol. The van der Waals surface area contributed by atoms with Crippen LogP contribution in [0.25, 0.3) is 11.0 Å². The van der Waals surface area contributed by atoms with Crippen LogP contribution in [0.5, 0.6) is 0 Å². The van der Waals surface area contributed by atoms with Gasteiger partial charge in [-0.15, -0.1) is 0 Å². The first kappa shape index (κ1) is 35.4. The summed E-state index contributed by atoms with van der Waals surface area (Å²) in [6.07, 6.45) is 2.23. The highest BCUT2D eigenvalue weighted by molar-refractivity contribution is 5.90. The van der Waals surface area contributed by atoms with Gasteiger partial charge in [0.15, 0.2) is 0 Å². The molecular formula is C32H39N5O9. The molecule has 5 rings (SSSR count). The van der Waals surface area contributed by atoms with Crippen LogP contribution in [0.2, 0.25) is 0 Å². The van der Waals surface area contributed by atoms with E-state index in [4.69, 9.17) is 30.1 Å². The van der Waals surface area contributed by atoms with E-state index in [1.807, 2.05) is 0 Å². The molecule has 0 amide bonds. The third-order valence-corrected chi connectivity index (χ3v) is 7.05. The fourth-order valence-corrected chi connectivity index (χ4v) is 4.79. The monoisotopic (exact) mass is 637 g/mol. The zero-order chi connectivity index (χ0) is 33.3. The van der Waals surface area contributed by atoms with Crippen molar-refractivity contribution in [2.75, 3.05) is 70.5 Å². The van der Waals surface area contributed by atoms with Gasteiger partial charge in [0.25, 0.3) is 0 Å². The van der Waals surface area contributed by atoms with E-state index in [1.54, 1.807) is 0 Å². The second-order valence-corrected chi connectivity index (χ2v) is 10.3. The van der Waals surface area contributed by atoms with Crippen LogP contribution < -0.4 is 4.90 Å². The van der Waals surface area contributed by atoms with Gasteiger partial charge in [0.05, 0.1) is 30.8 Å². The number of carboxylic acid groups (broad SMARTS) is 4. The number of aliphatic carboxylic acids is 4. The van der Waals surface area contributed by atoms with Gasteiger partial charge in [-0.1, -0.05) is 42.5 Å². The van der Waals surface area contributed by atoms with Crippen LogP contribution in [0.15, 0.2) is 78.9 Å². The van der Waals surface area contributed by atoms with E-state index in [2.05, 4.69) is 73.9 Å². The maximum absolute atomic E-state index is 9.55. The summed E-state index contributed by atoms with van der Waals surface area (Å²) in [4.78, 5) is 50.8. The van der Waals surface area contributed by atoms with E-state index in [1.165, 1.54) is 11.1 Å². The number of para-hydroxylation sites is 2. The molecule has 14 nitrogen and oxygen atoms in total. The maximum atomic E-state index is 9.55. The minimum Gasteiger partial charge on any atom is -0.478 e. The molecule has 2 aromatic carbocycles. The van der Waals surface area contributed by atoms with Gasteiger partial charge in [0, 0.05) is 76.7 Å². The van der Waals surface area contributed by atoms with E-state index in [9.17, 15) is 19.2 Å². The molecule has 2 fully saturated rings. The number of rotatable bonds is 10. The van der Waals surface area contributed by atoms with Gasteiger partial charge in [0.1, 0.15) is 0 Å². The van der Waals surface area contributed by atoms with Gasteiger partial charge in [-0.3, -0.25) is 9.80 Å². The van der Waals surface area contributed by atoms with Crippen molar-refractivity contribution in [3.05, 3.63) is 84.5 Å². The van der Waals surface area contributed by atoms with Crippen molar-refractivity contribution in [3.63, 3.8) is 0 Å². The van der Waals surface area contributed by atoms with Crippen LogP contribution in [-0.4, -0.2) is 129 Å². The molecule has 2 aliphatic heterocycles. The Labute approximate surface area is 266 Å². The Bertz CT molecular complexity index is 1430. The number of carboxylic acids is 4. The molecule has 0 radical (unpaired) electrons. The molecule has 4 N–H and O–H groups in total. The number of morpholine rings is 1. The smallest absolute Gasteiger partial charge is 0.328 e. The normalized spacial score (nSPS) is 15.6. The first-order chi connectivity index (χ1) is 22.1. The van der Waals surface area contributed by atoms with Crippen molar-refractivity contribution in [2.24, 2.45) is 0 Å². The SMILES string of the molecule is O=C(O)/C=C/C(=O)O.O=C(O)/C=C/C(=O)O.c1ccc(Cn2c(N3CCN(CCN4CCOCC4)CC3)nc3ccccc32)cc1. The maximum Gasteiger partial charge on any atom is 0.328 e. The van der Waals surface area contributed by atoms with Crippen LogP contribution >= 0.6 is 0 Å². The summed E-state index contributed by atoms with van der Waals surface area (Å²) in [5.41, 5.74) is 3.61. The van der Waals surface area contributed by atoms with Crippen LogP contribution in [0, 0.1) is 0 Å². The summed E-state index contributed by atoms with van der Waals surface area (Å²) in [7, 11) is 0. The molecule has 0 saturated carbocycles. The molecule has 46 heavy (non-hydrogen) atoms. The third-order valence-electron chi connectivity index (χ3n) is 7.05. The second kappa shape index (κ2) is 18.7. The number of fused-ring (bicyclic) bond motifs is 1. The topological polar surface area (TPSA) is 186 Å². The molecule has 1 aromatic heterocycles. The molecule has 0 unspecified atom stereocenters. The Morgan fingerprint density at radius 1 is 0.652 bits per heavy atom. The Morgan fingerprint density at radius 3 is 1.65 bits per heavy atom. The number of anilines is 1. The van der Waals surface area contributed by atoms with Crippen molar-refractivity contribution in [1.82, 2.24) is 19.4 Å². The number of ether oxygens (including phenoxy) is 1. The van der Waals surface area contributed by atoms with E-state index < -0.39 is 23.9 Å². The summed E-state index contributed by atoms with van der Waals surface area (Å²) in [6.45, 7) is 11.3. The summed E-state index contributed by atoms with van der Waals surface area (Å²) in [5.74, 6) is -3.92. The summed E-state index contributed by atoms with van der Waals surface area (Å²) in [5, 5.41) is 31.2. The van der Waals surface area contributed by atoms with Crippen molar-refractivity contribution in [1.29, 1.82) is 0 Å². The summed E-state index contributed by atoms with van der Waals surface area (Å²) >= 11 is 0. The minimum atomic E-state index is -1.26. The van der Waals surface area contributed by atoms with Gasteiger partial charge in [-0.25, -0.2) is 24.2 Å². The second-order valence-electron chi connectivity index (χ2n) is 10.3. The molecule has 3 aromatic rings. The van der Waals surface area contributed by atoms with Crippen molar-refractivity contribution in [3.8, 4) is 0 Å². The van der Waals surface area contributed by atoms with Crippen LogP contribution in [0.4, 0.5) is 5.95 Å². The van der Waals surface area contributed by atoms with Gasteiger partial charge in [-0.05, 0) is 17.7 Å². The average molecular weight is 638 g/mol. The van der Waals surface area contributed by atoms with Crippen LogP contribution in [0.1, 0.15) is 5.56 Å². The Kier molecular flexibility index (Phi) is 14.4. The number of nitrogens with zero attached hydrogens (tertiary/aromatic N) is 5. The van der Waals surface area contributed by atoms with E-state index >= 15 is 0 Å². The molecule has 2 saturated heterocycles. The number of benzene rings is 2. The lowest BCUT2D eigenvalue weighted by molar-refractivity contribution is -0.134. The van der Waals surface area contributed by atoms with Crippen molar-refractivity contribution >= 4 is 40.9 Å². The van der Waals surface area contributed by atoms with Crippen LogP contribution in [0.3, 0.4) is 0 Å². The zero-order valence-corrected chi connectivity index (χ0v) is 25.3. The number of aromatic nitrogens is 2. The van der Waals surface area contributed by atoms with Gasteiger partial charge < -0.3 is 34.6 Å². The Morgan fingerprint density at radius 2 is 1.13 bits per heavy atom. The highest BCUT2D eigenvalue weighted by Crippen LogP contribution is 2.25. The highest BCUT2D eigenvalue weighted by Gasteiger charge is 2.23. The fourth-order valence-electron chi connectivity index (χ4n) is 4.79. The van der Waals surface area contributed by atoms with Crippen LogP contribution in [-0.2, 0) is 30.5 Å². The lowest BCUT2D eigenvalue weighted by Gasteiger charge is -2.37. The van der Waals surface area contributed by atoms with Gasteiger partial charge in [-0.2, -0.15) is 0 Å². The largest absolute Gasteiger partial charge is 0.478 e. The van der Waals surface area contributed by atoms with Crippen molar-refractivity contribution < 1.29 is 44.3 Å². The number of carbonyl (C=O) groups is 4. The summed E-state index contributed by atoms with van der Waals surface area (Å²) < 4.78 is 7.85. The number of imidazole rings is 1. The fraction of sp³-hybridized carbons (Fsp3) is 0.344. The molecule has 0 bridgehead atoms. The molecule has 14 heteroatoms. The lowest BCUT2D eigenvalue weighted by atomic mass is 10.2. The Hall–Kier alpha value is -5.05. The van der Waals surface area contributed by atoms with Gasteiger partial charge >= 0.3 is 23.9 Å². The minimum absolute atomic E-state index is 0.558. The van der Waals surface area contributed by atoms with E-state index in [0.717, 1.165) is 83.6 Å². The predicted octanol–water partition coefficient (Wildman–Crippen LogP) is 1.96. The molecule has 0 aliphatic carbocycles. The third kappa shape index (κ3) is 12.5. The molecular weight excluding hydrogens is 598 g/mol. The first-order valence-electron chi connectivity index (χ1n) is 14.7. The Balaban J connectivity index is 0.000000299. The molecule has 0 spiro atoms. The molecule has 246 valence electrons. The van der Waals surface area contributed by atoms with Crippen molar-refractivity contribution in [2.45, 2.75) is 6.54 Å². The number of hydrogen-bond donors (Lipinski definition) is 4. The highest BCUT2D eigenvalue weighted by atomic mass is 16.5. The lowest BCUT2D eigenvalue weighted by Crippen LogP contribution is -2.50. The number of piperazine rings is 1.